The van der Waals surface area contributed by atoms with Crippen molar-refractivity contribution in [1.29, 1.82) is 0 Å². The highest BCUT2D eigenvalue weighted by molar-refractivity contribution is 6.34. The van der Waals surface area contributed by atoms with Gasteiger partial charge in [0.1, 0.15) is 0 Å². The van der Waals surface area contributed by atoms with Crippen LogP contribution >= 0.6 is 11.6 Å². The van der Waals surface area contributed by atoms with Gasteiger partial charge in [-0.25, -0.2) is 0 Å². The third-order valence-corrected chi connectivity index (χ3v) is 5.75. The maximum atomic E-state index is 6.84. The SMILES string of the molecule is Cc1ccc(N=Cc2ccc3c(c2Cl)C(C)(C)CCC3(C)C)cc1. The van der Waals surface area contributed by atoms with E-state index in [0.29, 0.717) is 0 Å². The van der Waals surface area contributed by atoms with E-state index in [2.05, 4.69) is 63.9 Å². The second kappa shape index (κ2) is 6.04. The Balaban J connectivity index is 2.04. The summed E-state index contributed by atoms with van der Waals surface area (Å²) in [6.07, 6.45) is 4.25. The Labute approximate surface area is 150 Å². The van der Waals surface area contributed by atoms with Gasteiger partial charge in [-0.3, -0.25) is 4.99 Å². The van der Waals surface area contributed by atoms with E-state index in [4.69, 9.17) is 11.6 Å². The van der Waals surface area contributed by atoms with Gasteiger partial charge in [-0.05, 0) is 53.9 Å². The summed E-state index contributed by atoms with van der Waals surface area (Å²) >= 11 is 6.84. The van der Waals surface area contributed by atoms with Crippen molar-refractivity contribution in [3.63, 3.8) is 0 Å². The summed E-state index contributed by atoms with van der Waals surface area (Å²) in [5.74, 6) is 0. The van der Waals surface area contributed by atoms with Crippen LogP contribution in [0.3, 0.4) is 0 Å². The van der Waals surface area contributed by atoms with Crippen LogP contribution < -0.4 is 0 Å². The maximum absolute atomic E-state index is 6.84. The fraction of sp³-hybridized carbons (Fsp3) is 0.409. The van der Waals surface area contributed by atoms with Gasteiger partial charge in [0.05, 0.1) is 10.7 Å². The molecule has 0 aromatic heterocycles. The van der Waals surface area contributed by atoms with Gasteiger partial charge in [0.15, 0.2) is 0 Å². The first-order chi connectivity index (χ1) is 11.2. The zero-order valence-corrected chi connectivity index (χ0v) is 16.0. The number of aryl methyl sites for hydroxylation is 1. The fourth-order valence-electron chi connectivity index (χ4n) is 3.58. The molecule has 2 heteroatoms. The van der Waals surface area contributed by atoms with E-state index >= 15 is 0 Å². The van der Waals surface area contributed by atoms with Crippen LogP contribution in [0.15, 0.2) is 41.4 Å². The van der Waals surface area contributed by atoms with E-state index < -0.39 is 0 Å². The molecule has 0 N–H and O–H groups in total. The number of aliphatic imine (C=N–C) groups is 1. The lowest BCUT2D eigenvalue weighted by Gasteiger charge is -2.42. The van der Waals surface area contributed by atoms with Crippen molar-refractivity contribution < 1.29 is 0 Å². The van der Waals surface area contributed by atoms with Gasteiger partial charge in [0.25, 0.3) is 0 Å². The van der Waals surface area contributed by atoms with Crippen LogP contribution in [0.5, 0.6) is 0 Å². The topological polar surface area (TPSA) is 12.4 Å². The first-order valence-corrected chi connectivity index (χ1v) is 9.03. The molecule has 0 spiro atoms. The third kappa shape index (κ3) is 3.15. The van der Waals surface area contributed by atoms with Crippen molar-refractivity contribution in [2.45, 2.75) is 58.3 Å². The molecule has 0 radical (unpaired) electrons. The molecule has 126 valence electrons. The van der Waals surface area contributed by atoms with Gasteiger partial charge < -0.3 is 0 Å². The summed E-state index contributed by atoms with van der Waals surface area (Å²) in [7, 11) is 0. The molecule has 0 saturated heterocycles. The monoisotopic (exact) mass is 339 g/mol. The molecule has 0 atom stereocenters. The van der Waals surface area contributed by atoms with Crippen LogP contribution in [-0.2, 0) is 10.8 Å². The number of rotatable bonds is 2. The number of nitrogens with zero attached hydrogens (tertiary/aromatic N) is 1. The van der Waals surface area contributed by atoms with Crippen molar-refractivity contribution in [3.05, 3.63) is 63.7 Å². The average Bonchev–Trinajstić information content (AvgIpc) is 2.52. The first kappa shape index (κ1) is 17.2. The Morgan fingerprint density at radius 1 is 0.917 bits per heavy atom. The molecule has 0 saturated carbocycles. The summed E-state index contributed by atoms with van der Waals surface area (Å²) < 4.78 is 0. The Bertz CT molecular complexity index is 782. The van der Waals surface area contributed by atoms with Crippen molar-refractivity contribution >= 4 is 23.5 Å². The minimum atomic E-state index is 0.107. The molecule has 24 heavy (non-hydrogen) atoms. The Morgan fingerprint density at radius 2 is 1.54 bits per heavy atom. The molecule has 0 aliphatic heterocycles. The fourth-order valence-corrected chi connectivity index (χ4v) is 4.05. The minimum Gasteiger partial charge on any atom is -0.256 e. The number of halogens is 1. The molecule has 1 nitrogen and oxygen atoms in total. The summed E-state index contributed by atoms with van der Waals surface area (Å²) in [5.41, 5.74) is 6.17. The molecule has 2 aromatic rings. The van der Waals surface area contributed by atoms with Crippen molar-refractivity contribution in [1.82, 2.24) is 0 Å². The summed E-state index contributed by atoms with van der Waals surface area (Å²) in [6, 6.07) is 12.6. The zero-order chi connectivity index (χ0) is 17.5. The lowest BCUT2D eigenvalue weighted by atomic mass is 9.63. The van der Waals surface area contributed by atoms with E-state index in [9.17, 15) is 0 Å². The molecule has 2 aromatic carbocycles. The minimum absolute atomic E-state index is 0.107. The largest absolute Gasteiger partial charge is 0.256 e. The summed E-state index contributed by atoms with van der Waals surface area (Å²) in [5, 5.41) is 0.862. The van der Waals surface area contributed by atoms with E-state index in [1.165, 1.54) is 23.1 Å². The second-order valence-corrected chi connectivity index (χ2v) is 8.63. The molecular weight excluding hydrogens is 314 g/mol. The van der Waals surface area contributed by atoms with E-state index in [1.54, 1.807) is 0 Å². The first-order valence-electron chi connectivity index (χ1n) is 8.65. The van der Waals surface area contributed by atoms with Crippen molar-refractivity contribution in [3.8, 4) is 0 Å². The Kier molecular flexibility index (Phi) is 4.34. The predicted molar refractivity (Wildman–Crippen MR) is 105 cm³/mol. The number of benzene rings is 2. The molecule has 0 amide bonds. The number of hydrogen-bond donors (Lipinski definition) is 0. The lowest BCUT2D eigenvalue weighted by Crippen LogP contribution is -2.34. The number of fused-ring (bicyclic) bond motifs is 1. The highest BCUT2D eigenvalue weighted by Crippen LogP contribution is 2.48. The maximum Gasteiger partial charge on any atom is 0.0630 e. The summed E-state index contributed by atoms with van der Waals surface area (Å²) in [6.45, 7) is 11.3. The molecule has 1 aliphatic carbocycles. The van der Waals surface area contributed by atoms with Crippen LogP contribution in [0.2, 0.25) is 5.02 Å². The van der Waals surface area contributed by atoms with Crippen LogP contribution in [0.25, 0.3) is 0 Å². The van der Waals surface area contributed by atoms with E-state index in [0.717, 1.165) is 22.7 Å². The molecule has 0 fully saturated rings. The van der Waals surface area contributed by atoms with E-state index in [1.807, 2.05) is 18.3 Å². The molecule has 3 rings (SSSR count). The Morgan fingerprint density at radius 3 is 2.21 bits per heavy atom. The molecule has 0 bridgehead atoms. The molecular formula is C22H26ClN. The lowest BCUT2D eigenvalue weighted by molar-refractivity contribution is 0.332. The van der Waals surface area contributed by atoms with Gasteiger partial charge in [-0.1, -0.05) is 69.1 Å². The van der Waals surface area contributed by atoms with Crippen LogP contribution in [0, 0.1) is 6.92 Å². The van der Waals surface area contributed by atoms with Crippen LogP contribution in [-0.4, -0.2) is 6.21 Å². The normalized spacial score (nSPS) is 18.6. The van der Waals surface area contributed by atoms with Crippen LogP contribution in [0.4, 0.5) is 5.69 Å². The predicted octanol–water partition coefficient (Wildman–Crippen LogP) is 6.75. The van der Waals surface area contributed by atoms with Crippen molar-refractivity contribution in [2.75, 3.05) is 0 Å². The standard InChI is InChI=1S/C22H26ClN/c1-15-6-9-17(10-7-15)24-14-16-8-11-18-19(20(16)23)22(4,5)13-12-21(18,2)3/h6-11,14H,12-13H2,1-5H3. The smallest absolute Gasteiger partial charge is 0.0630 e. The average molecular weight is 340 g/mol. The Hall–Kier alpha value is -1.60. The zero-order valence-electron chi connectivity index (χ0n) is 15.3. The van der Waals surface area contributed by atoms with Gasteiger partial charge in [0, 0.05) is 11.8 Å². The quantitative estimate of drug-likeness (QED) is 0.537. The second-order valence-electron chi connectivity index (χ2n) is 8.25. The van der Waals surface area contributed by atoms with Crippen LogP contribution in [0.1, 0.15) is 62.8 Å². The van der Waals surface area contributed by atoms with Gasteiger partial charge in [-0.2, -0.15) is 0 Å². The van der Waals surface area contributed by atoms with Crippen molar-refractivity contribution in [2.24, 2.45) is 4.99 Å². The molecule has 0 unspecified atom stereocenters. The molecule has 0 heterocycles. The summed E-state index contributed by atoms with van der Waals surface area (Å²) in [4.78, 5) is 4.60. The highest BCUT2D eigenvalue weighted by atomic mass is 35.5. The number of hydrogen-bond acceptors (Lipinski definition) is 1. The van der Waals surface area contributed by atoms with Gasteiger partial charge in [0.2, 0.25) is 0 Å². The van der Waals surface area contributed by atoms with Gasteiger partial charge in [-0.15, -0.1) is 0 Å². The van der Waals surface area contributed by atoms with E-state index in [-0.39, 0.29) is 10.8 Å². The highest BCUT2D eigenvalue weighted by Gasteiger charge is 2.38. The van der Waals surface area contributed by atoms with Gasteiger partial charge >= 0.3 is 0 Å². The third-order valence-electron chi connectivity index (χ3n) is 5.34. The molecule has 1 aliphatic rings.